The molecule has 0 aliphatic carbocycles. The summed E-state index contributed by atoms with van der Waals surface area (Å²) in [6.45, 7) is 6.42. The molecule has 2 atom stereocenters. The Labute approximate surface area is 133 Å². The minimum atomic E-state index is -0.0566. The zero-order valence-corrected chi connectivity index (χ0v) is 13.6. The van der Waals surface area contributed by atoms with E-state index in [4.69, 9.17) is 9.39 Å². The van der Waals surface area contributed by atoms with E-state index in [1.165, 1.54) is 11.0 Å². The van der Waals surface area contributed by atoms with E-state index in [9.17, 15) is 0 Å². The first-order valence-corrected chi connectivity index (χ1v) is 8.21. The second-order valence-corrected chi connectivity index (χ2v) is 5.92. The Kier molecular flexibility index (Phi) is 4.53. The fraction of sp³-hybridized carbons (Fsp3) is 0.368. The molecule has 0 fully saturated rings. The summed E-state index contributed by atoms with van der Waals surface area (Å²) in [7, 11) is 0. The summed E-state index contributed by atoms with van der Waals surface area (Å²) in [6, 6.07) is 16.7. The van der Waals surface area contributed by atoms with Crippen LogP contribution in [0.5, 0.6) is 5.75 Å². The second-order valence-electron chi connectivity index (χ2n) is 5.92. The van der Waals surface area contributed by atoms with Gasteiger partial charge in [0.15, 0.2) is 0 Å². The van der Waals surface area contributed by atoms with Gasteiger partial charge in [-0.1, -0.05) is 61.9 Å². The molecule has 3 rings (SSSR count). The summed E-state index contributed by atoms with van der Waals surface area (Å²) in [5.74, 6) is 0.957. The smallest absolute Gasteiger partial charge is 0.366 e. The topological polar surface area (TPSA) is 18.5 Å². The van der Waals surface area contributed by atoms with Crippen molar-refractivity contribution < 1.29 is 9.39 Å². The highest BCUT2D eigenvalue weighted by atomic mass is 16.5. The van der Waals surface area contributed by atoms with Crippen LogP contribution in [0, 0.1) is 6.92 Å². The van der Waals surface area contributed by atoms with Crippen molar-refractivity contribution >= 4 is 17.8 Å². The minimum Gasteiger partial charge on any atom is -0.488 e. The van der Waals surface area contributed by atoms with Crippen LogP contribution in [0.4, 0.5) is 0 Å². The Morgan fingerprint density at radius 3 is 2.18 bits per heavy atom. The van der Waals surface area contributed by atoms with E-state index in [1.54, 1.807) is 0 Å². The molecule has 1 aliphatic rings. The first-order chi connectivity index (χ1) is 10.7. The monoisotopic (exact) mass is 294 g/mol. The van der Waals surface area contributed by atoms with Gasteiger partial charge in [0.1, 0.15) is 11.9 Å². The maximum absolute atomic E-state index is 6.53. The van der Waals surface area contributed by atoms with E-state index in [1.807, 2.05) is 6.07 Å². The van der Waals surface area contributed by atoms with Crippen LogP contribution in [0.25, 0.3) is 0 Å². The zero-order valence-electron chi connectivity index (χ0n) is 13.6. The van der Waals surface area contributed by atoms with Gasteiger partial charge in [-0.05, 0) is 36.8 Å². The maximum Gasteiger partial charge on any atom is 0.366 e. The predicted octanol–water partition coefficient (Wildman–Crippen LogP) is 3.07. The fourth-order valence-corrected chi connectivity index (χ4v) is 3.21. The number of hydrogen-bond donors (Lipinski definition) is 0. The highest BCUT2D eigenvalue weighted by Gasteiger charge is 2.35. The fourth-order valence-electron chi connectivity index (χ4n) is 3.21. The first kappa shape index (κ1) is 15.2. The third kappa shape index (κ3) is 2.78. The third-order valence-corrected chi connectivity index (χ3v) is 4.48. The molecule has 2 aromatic rings. The number of rotatable bonds is 3. The Bertz CT molecular complexity index is 641. The van der Waals surface area contributed by atoms with E-state index in [-0.39, 0.29) is 19.1 Å². The SMILES string of the molecule is CC[C@@H]1OB(c2ccccc2C)c2ccccc2O[C@H]1CC. The minimum absolute atomic E-state index is 0.0566. The van der Waals surface area contributed by atoms with Crippen molar-refractivity contribution in [1.82, 2.24) is 0 Å². The van der Waals surface area contributed by atoms with E-state index in [0.717, 1.165) is 24.1 Å². The lowest BCUT2D eigenvalue weighted by molar-refractivity contribution is 0.0574. The van der Waals surface area contributed by atoms with Crippen LogP contribution in [-0.4, -0.2) is 19.1 Å². The molecule has 2 aromatic carbocycles. The highest BCUT2D eigenvalue weighted by molar-refractivity contribution is 6.81. The molecule has 0 spiro atoms. The third-order valence-electron chi connectivity index (χ3n) is 4.48. The Morgan fingerprint density at radius 1 is 0.864 bits per heavy atom. The van der Waals surface area contributed by atoms with Gasteiger partial charge in [-0.3, -0.25) is 0 Å². The molecule has 0 unspecified atom stereocenters. The van der Waals surface area contributed by atoms with Crippen LogP contribution in [0.15, 0.2) is 48.5 Å². The summed E-state index contributed by atoms with van der Waals surface area (Å²) in [6.07, 6.45) is 2.13. The van der Waals surface area contributed by atoms with Crippen molar-refractivity contribution in [2.24, 2.45) is 0 Å². The average molecular weight is 294 g/mol. The van der Waals surface area contributed by atoms with Crippen molar-refractivity contribution in [1.29, 1.82) is 0 Å². The number of fused-ring (bicyclic) bond motifs is 1. The van der Waals surface area contributed by atoms with E-state index >= 15 is 0 Å². The summed E-state index contributed by atoms with van der Waals surface area (Å²) in [5, 5.41) is 0. The Morgan fingerprint density at radius 2 is 1.50 bits per heavy atom. The van der Waals surface area contributed by atoms with E-state index in [2.05, 4.69) is 63.2 Å². The molecule has 0 bridgehead atoms. The first-order valence-electron chi connectivity index (χ1n) is 8.21. The van der Waals surface area contributed by atoms with Gasteiger partial charge in [0, 0.05) is 0 Å². The zero-order chi connectivity index (χ0) is 15.5. The van der Waals surface area contributed by atoms with Gasteiger partial charge < -0.3 is 9.39 Å². The number of aryl methyl sites for hydroxylation is 1. The molecule has 1 heterocycles. The summed E-state index contributed by atoms with van der Waals surface area (Å²) in [5.41, 5.74) is 3.62. The van der Waals surface area contributed by atoms with Crippen LogP contribution in [0.2, 0.25) is 0 Å². The summed E-state index contributed by atoms with van der Waals surface area (Å²) < 4.78 is 12.8. The predicted molar refractivity (Wildman–Crippen MR) is 92.5 cm³/mol. The molecule has 0 saturated carbocycles. The quantitative estimate of drug-likeness (QED) is 0.810. The second kappa shape index (κ2) is 6.57. The molecular formula is C19H23BO2. The van der Waals surface area contributed by atoms with Crippen LogP contribution < -0.4 is 15.7 Å². The highest BCUT2D eigenvalue weighted by Crippen LogP contribution is 2.22. The molecule has 0 aromatic heterocycles. The number of para-hydroxylation sites is 1. The molecular weight excluding hydrogens is 271 g/mol. The van der Waals surface area contributed by atoms with Crippen molar-refractivity contribution in [2.45, 2.75) is 45.8 Å². The molecule has 2 nitrogen and oxygen atoms in total. The van der Waals surface area contributed by atoms with Crippen molar-refractivity contribution in [3.8, 4) is 5.75 Å². The Balaban J connectivity index is 2.10. The summed E-state index contributed by atoms with van der Waals surface area (Å²) >= 11 is 0. The van der Waals surface area contributed by atoms with Crippen LogP contribution in [0.1, 0.15) is 32.3 Å². The number of hydrogen-bond acceptors (Lipinski definition) is 2. The lowest BCUT2D eigenvalue weighted by Gasteiger charge is -2.25. The number of ether oxygens (including phenoxy) is 1. The van der Waals surface area contributed by atoms with Crippen molar-refractivity contribution in [3.63, 3.8) is 0 Å². The van der Waals surface area contributed by atoms with Gasteiger partial charge in [-0.25, -0.2) is 0 Å². The molecule has 1 aliphatic heterocycles. The molecule has 0 N–H and O–H groups in total. The van der Waals surface area contributed by atoms with Crippen LogP contribution >= 0.6 is 0 Å². The van der Waals surface area contributed by atoms with Crippen LogP contribution in [-0.2, 0) is 4.65 Å². The van der Waals surface area contributed by atoms with Crippen molar-refractivity contribution in [2.75, 3.05) is 0 Å². The molecule has 3 heteroatoms. The largest absolute Gasteiger partial charge is 0.488 e. The lowest BCUT2D eigenvalue weighted by Crippen LogP contribution is -2.48. The van der Waals surface area contributed by atoms with Crippen molar-refractivity contribution in [3.05, 3.63) is 54.1 Å². The molecule has 114 valence electrons. The van der Waals surface area contributed by atoms with Gasteiger partial charge in [0.2, 0.25) is 0 Å². The van der Waals surface area contributed by atoms with Gasteiger partial charge in [-0.15, -0.1) is 0 Å². The molecule has 0 radical (unpaired) electrons. The van der Waals surface area contributed by atoms with Crippen LogP contribution in [0.3, 0.4) is 0 Å². The van der Waals surface area contributed by atoms with Gasteiger partial charge in [0.25, 0.3) is 0 Å². The number of benzene rings is 2. The molecule has 0 amide bonds. The summed E-state index contributed by atoms with van der Waals surface area (Å²) in [4.78, 5) is 0. The van der Waals surface area contributed by atoms with Gasteiger partial charge >= 0.3 is 6.92 Å². The van der Waals surface area contributed by atoms with E-state index < -0.39 is 0 Å². The average Bonchev–Trinajstić information content (AvgIpc) is 2.71. The maximum atomic E-state index is 6.53. The Hall–Kier alpha value is -1.74. The van der Waals surface area contributed by atoms with Gasteiger partial charge in [0.05, 0.1) is 6.10 Å². The molecule has 0 saturated heterocycles. The standard InChI is InChI=1S/C19H23BO2/c1-4-17-18(5-2)22-20(15-11-7-6-10-14(15)3)16-12-8-9-13-19(16)21-17/h6-13,17-18H,4-5H2,1-3H3/t17-,18-/m0/s1. The molecule has 22 heavy (non-hydrogen) atoms. The normalized spacial score (nSPS) is 21.0. The lowest BCUT2D eigenvalue weighted by atomic mass is 9.53. The van der Waals surface area contributed by atoms with E-state index in [0.29, 0.717) is 0 Å². The van der Waals surface area contributed by atoms with Gasteiger partial charge in [-0.2, -0.15) is 0 Å².